The number of likely N-dealkylation sites (tertiary alicyclic amines) is 1. The number of rotatable bonds is 6. The zero-order valence-corrected chi connectivity index (χ0v) is 19.6. The van der Waals surface area contributed by atoms with Crippen molar-refractivity contribution in [3.8, 4) is 11.5 Å². The lowest BCUT2D eigenvalue weighted by Gasteiger charge is -2.58. The van der Waals surface area contributed by atoms with E-state index < -0.39 is 24.0 Å². The summed E-state index contributed by atoms with van der Waals surface area (Å²) in [5, 5.41) is 10.3. The number of carbonyl (C=O) groups is 2. The van der Waals surface area contributed by atoms with Crippen molar-refractivity contribution in [3.05, 3.63) is 59.7 Å². The standard InChI is InChI=1S/C25H26F3N3O5/c1-35-19-6-2-17(3-7-19)12-30-22(33)21-10-18(32)13-31(21)24(23(30)34)14-29(15-24)11-16-4-8-20(9-5-16)36-25(26,27)28/h2-9,18,21,32H,10-15H2,1H3/t18-,21+/m1/s1. The van der Waals surface area contributed by atoms with Crippen LogP contribution in [-0.4, -0.2) is 82.4 Å². The van der Waals surface area contributed by atoms with Crippen molar-refractivity contribution in [2.75, 3.05) is 26.7 Å². The molecule has 11 heteroatoms. The third-order valence-electron chi connectivity index (χ3n) is 7.06. The van der Waals surface area contributed by atoms with E-state index in [2.05, 4.69) is 4.74 Å². The Labute approximate surface area is 205 Å². The molecule has 0 radical (unpaired) electrons. The number of methoxy groups -OCH3 is 1. The first-order valence-corrected chi connectivity index (χ1v) is 11.6. The molecule has 2 atom stereocenters. The lowest BCUT2D eigenvalue weighted by molar-refractivity contribution is -0.274. The highest BCUT2D eigenvalue weighted by Gasteiger charge is 2.64. The van der Waals surface area contributed by atoms with Crippen LogP contribution in [0.5, 0.6) is 11.5 Å². The molecule has 3 heterocycles. The summed E-state index contributed by atoms with van der Waals surface area (Å²) in [4.78, 5) is 32.1. The van der Waals surface area contributed by atoms with Crippen LogP contribution in [0.1, 0.15) is 17.5 Å². The Bertz CT molecular complexity index is 1130. The molecule has 36 heavy (non-hydrogen) atoms. The molecular weight excluding hydrogens is 479 g/mol. The lowest BCUT2D eigenvalue weighted by atomic mass is 9.82. The van der Waals surface area contributed by atoms with Crippen molar-refractivity contribution in [2.45, 2.75) is 43.6 Å². The highest BCUT2D eigenvalue weighted by atomic mass is 19.4. The quantitative estimate of drug-likeness (QED) is 0.603. The van der Waals surface area contributed by atoms with Gasteiger partial charge in [-0.2, -0.15) is 0 Å². The highest BCUT2D eigenvalue weighted by molar-refractivity contribution is 6.06. The van der Waals surface area contributed by atoms with Gasteiger partial charge in [-0.1, -0.05) is 24.3 Å². The molecule has 0 unspecified atom stereocenters. The minimum atomic E-state index is -4.75. The maximum atomic E-state index is 13.7. The van der Waals surface area contributed by atoms with Crippen LogP contribution in [0.3, 0.4) is 0 Å². The summed E-state index contributed by atoms with van der Waals surface area (Å²) in [6, 6.07) is 12.2. The lowest BCUT2D eigenvalue weighted by Crippen LogP contribution is -2.81. The fourth-order valence-electron chi connectivity index (χ4n) is 5.42. The van der Waals surface area contributed by atoms with Gasteiger partial charge in [0.25, 0.3) is 5.91 Å². The number of ether oxygens (including phenoxy) is 2. The Morgan fingerprint density at radius 1 is 0.972 bits per heavy atom. The molecule has 2 aromatic rings. The van der Waals surface area contributed by atoms with Crippen molar-refractivity contribution in [1.29, 1.82) is 0 Å². The number of benzene rings is 2. The average Bonchev–Trinajstić information content (AvgIpc) is 3.20. The number of aliphatic hydroxyl groups is 1. The first-order chi connectivity index (χ1) is 17.1. The molecule has 5 rings (SSSR count). The van der Waals surface area contributed by atoms with Crippen molar-refractivity contribution >= 4 is 11.8 Å². The normalized spacial score (nSPS) is 24.1. The smallest absolute Gasteiger partial charge is 0.497 e. The van der Waals surface area contributed by atoms with E-state index in [1.807, 2.05) is 9.80 Å². The van der Waals surface area contributed by atoms with Gasteiger partial charge in [0.2, 0.25) is 5.91 Å². The van der Waals surface area contributed by atoms with Crippen LogP contribution in [0.25, 0.3) is 0 Å². The molecule has 2 aromatic carbocycles. The molecule has 3 fully saturated rings. The van der Waals surface area contributed by atoms with E-state index in [9.17, 15) is 27.9 Å². The largest absolute Gasteiger partial charge is 0.573 e. The van der Waals surface area contributed by atoms with Gasteiger partial charge in [0.15, 0.2) is 0 Å². The second-order valence-corrected chi connectivity index (χ2v) is 9.50. The molecule has 8 nitrogen and oxygen atoms in total. The number of hydrogen-bond donors (Lipinski definition) is 1. The summed E-state index contributed by atoms with van der Waals surface area (Å²) in [5.74, 6) is -0.227. The van der Waals surface area contributed by atoms with Crippen LogP contribution >= 0.6 is 0 Å². The summed E-state index contributed by atoms with van der Waals surface area (Å²) >= 11 is 0. The third-order valence-corrected chi connectivity index (χ3v) is 7.06. The van der Waals surface area contributed by atoms with Gasteiger partial charge in [-0.3, -0.25) is 24.3 Å². The molecule has 3 saturated heterocycles. The van der Waals surface area contributed by atoms with Gasteiger partial charge < -0.3 is 14.6 Å². The predicted molar refractivity (Wildman–Crippen MR) is 121 cm³/mol. The molecular formula is C25H26F3N3O5. The molecule has 3 aliphatic rings. The Hall–Kier alpha value is -3.15. The van der Waals surface area contributed by atoms with E-state index in [1.165, 1.54) is 17.0 Å². The molecule has 0 aromatic heterocycles. The second-order valence-electron chi connectivity index (χ2n) is 9.50. The van der Waals surface area contributed by atoms with Gasteiger partial charge in [-0.15, -0.1) is 13.2 Å². The summed E-state index contributed by atoms with van der Waals surface area (Å²) in [6.45, 7) is 1.50. The summed E-state index contributed by atoms with van der Waals surface area (Å²) in [6.07, 6.45) is -5.17. The van der Waals surface area contributed by atoms with Crippen LogP contribution in [-0.2, 0) is 22.7 Å². The highest BCUT2D eigenvalue weighted by Crippen LogP contribution is 2.41. The SMILES string of the molecule is COc1ccc(CN2C(=O)[C@@H]3C[C@@H](O)CN3C3(CN(Cc4ccc(OC(F)(F)F)cc4)C3)C2=O)cc1. The van der Waals surface area contributed by atoms with Crippen LogP contribution in [0, 0.1) is 0 Å². The van der Waals surface area contributed by atoms with Gasteiger partial charge in [0.1, 0.15) is 17.0 Å². The fourth-order valence-corrected chi connectivity index (χ4v) is 5.42. The van der Waals surface area contributed by atoms with Gasteiger partial charge in [-0.05, 0) is 41.8 Å². The first kappa shape index (κ1) is 24.5. The van der Waals surface area contributed by atoms with E-state index in [-0.39, 0.29) is 37.1 Å². The topological polar surface area (TPSA) is 82.6 Å². The summed E-state index contributed by atoms with van der Waals surface area (Å²) in [7, 11) is 1.56. The zero-order valence-electron chi connectivity index (χ0n) is 19.6. The van der Waals surface area contributed by atoms with Crippen LogP contribution < -0.4 is 9.47 Å². The number of alkyl halides is 3. The number of carbonyl (C=O) groups excluding carboxylic acids is 2. The van der Waals surface area contributed by atoms with E-state index in [1.54, 1.807) is 43.5 Å². The Morgan fingerprint density at radius 3 is 2.14 bits per heavy atom. The number of piperazine rings is 1. The molecule has 3 aliphatic heterocycles. The van der Waals surface area contributed by atoms with E-state index >= 15 is 0 Å². The number of fused-ring (bicyclic) bond motifs is 2. The van der Waals surface area contributed by atoms with Crippen LogP contribution in [0.4, 0.5) is 13.2 Å². The Balaban J connectivity index is 1.31. The van der Waals surface area contributed by atoms with Crippen molar-refractivity contribution < 1.29 is 37.3 Å². The molecule has 0 bridgehead atoms. The van der Waals surface area contributed by atoms with Gasteiger partial charge in [-0.25, -0.2) is 0 Å². The van der Waals surface area contributed by atoms with Gasteiger partial charge in [0.05, 0.1) is 25.8 Å². The maximum Gasteiger partial charge on any atom is 0.573 e. The van der Waals surface area contributed by atoms with Gasteiger partial charge >= 0.3 is 6.36 Å². The summed E-state index contributed by atoms with van der Waals surface area (Å²) in [5.41, 5.74) is 0.630. The average molecular weight is 505 g/mol. The van der Waals surface area contributed by atoms with Gasteiger partial charge in [0, 0.05) is 26.2 Å². The van der Waals surface area contributed by atoms with Crippen molar-refractivity contribution in [2.24, 2.45) is 0 Å². The molecule has 2 amide bonds. The van der Waals surface area contributed by atoms with E-state index in [4.69, 9.17) is 4.74 Å². The number of aliphatic hydroxyl groups excluding tert-OH is 1. The van der Waals surface area contributed by atoms with Crippen molar-refractivity contribution in [3.63, 3.8) is 0 Å². The molecule has 0 aliphatic carbocycles. The summed E-state index contributed by atoms with van der Waals surface area (Å²) < 4.78 is 46.3. The number of β-amino-alcohol motifs (C(OH)–C–C–N with tert-alkyl or cyclic N) is 1. The monoisotopic (exact) mass is 505 g/mol. The fraction of sp³-hybridized carbons (Fsp3) is 0.440. The maximum absolute atomic E-state index is 13.7. The number of amides is 2. The molecule has 1 N–H and O–H groups in total. The zero-order chi connectivity index (χ0) is 25.7. The third kappa shape index (κ3) is 4.54. The van der Waals surface area contributed by atoms with E-state index in [0.717, 1.165) is 11.1 Å². The first-order valence-electron chi connectivity index (χ1n) is 11.6. The Kier molecular flexibility index (Phi) is 6.17. The number of halogens is 3. The number of hydrogen-bond acceptors (Lipinski definition) is 7. The predicted octanol–water partition coefficient (Wildman–Crippen LogP) is 2.15. The molecule has 1 spiro atoms. The minimum Gasteiger partial charge on any atom is -0.497 e. The molecule has 192 valence electrons. The minimum absolute atomic E-state index is 0.129. The number of nitrogens with zero attached hydrogens (tertiary/aromatic N) is 3. The second kappa shape index (κ2) is 9.06. The Morgan fingerprint density at radius 2 is 1.56 bits per heavy atom. The molecule has 0 saturated carbocycles. The number of imide groups is 1. The van der Waals surface area contributed by atoms with Crippen molar-refractivity contribution in [1.82, 2.24) is 14.7 Å². The van der Waals surface area contributed by atoms with Crippen LogP contribution in [0.2, 0.25) is 0 Å². The van der Waals surface area contributed by atoms with Crippen LogP contribution in [0.15, 0.2) is 48.5 Å². The van der Waals surface area contributed by atoms with E-state index in [0.29, 0.717) is 25.4 Å².